The predicted molar refractivity (Wildman–Crippen MR) is 78.4 cm³/mol. The Balaban J connectivity index is 2.00. The number of rotatable bonds is 2. The van der Waals surface area contributed by atoms with Crippen molar-refractivity contribution in [1.29, 1.82) is 5.26 Å². The SMILES string of the molecule is N#Cc1cc2c(nc1Nc1ccc(F)cc1Br)CCC2. The average molecular weight is 332 g/mol. The Labute approximate surface area is 124 Å². The van der Waals surface area contributed by atoms with Gasteiger partial charge in [-0.2, -0.15) is 5.26 Å². The molecule has 0 atom stereocenters. The van der Waals surface area contributed by atoms with Crippen LogP contribution in [0.4, 0.5) is 15.9 Å². The van der Waals surface area contributed by atoms with Crippen molar-refractivity contribution in [1.82, 2.24) is 4.98 Å². The first-order valence-electron chi connectivity index (χ1n) is 6.32. The molecule has 0 saturated carbocycles. The number of hydrogen-bond donors (Lipinski definition) is 1. The molecule has 0 bridgehead atoms. The second-order valence-corrected chi connectivity index (χ2v) is 5.56. The fraction of sp³-hybridized carbons (Fsp3) is 0.200. The summed E-state index contributed by atoms with van der Waals surface area (Å²) in [5.41, 5.74) is 3.41. The summed E-state index contributed by atoms with van der Waals surface area (Å²) in [5, 5.41) is 12.3. The van der Waals surface area contributed by atoms with Crippen LogP contribution >= 0.6 is 15.9 Å². The van der Waals surface area contributed by atoms with Crippen LogP contribution in [0.1, 0.15) is 23.2 Å². The van der Waals surface area contributed by atoms with Gasteiger partial charge < -0.3 is 5.32 Å². The number of fused-ring (bicyclic) bond motifs is 1. The third-order valence-electron chi connectivity index (χ3n) is 3.36. The molecular weight excluding hydrogens is 321 g/mol. The maximum Gasteiger partial charge on any atom is 0.148 e. The van der Waals surface area contributed by atoms with Crippen molar-refractivity contribution in [2.75, 3.05) is 5.32 Å². The monoisotopic (exact) mass is 331 g/mol. The molecule has 100 valence electrons. The third-order valence-corrected chi connectivity index (χ3v) is 4.01. The van der Waals surface area contributed by atoms with Crippen LogP contribution < -0.4 is 5.32 Å². The van der Waals surface area contributed by atoms with Gasteiger partial charge in [0.25, 0.3) is 0 Å². The normalized spacial score (nSPS) is 12.8. The third kappa shape index (κ3) is 2.39. The minimum Gasteiger partial charge on any atom is -0.338 e. The summed E-state index contributed by atoms with van der Waals surface area (Å²) in [5.74, 6) is 0.213. The molecule has 2 aromatic rings. The smallest absolute Gasteiger partial charge is 0.148 e. The highest BCUT2D eigenvalue weighted by Crippen LogP contribution is 2.30. The Morgan fingerprint density at radius 3 is 2.90 bits per heavy atom. The molecule has 0 amide bonds. The molecule has 1 N–H and O–H groups in total. The maximum absolute atomic E-state index is 13.1. The summed E-state index contributed by atoms with van der Waals surface area (Å²) in [6, 6.07) is 8.42. The van der Waals surface area contributed by atoms with Gasteiger partial charge in [-0.05, 0) is 65.0 Å². The van der Waals surface area contributed by atoms with E-state index in [1.54, 1.807) is 6.07 Å². The molecule has 0 saturated heterocycles. The van der Waals surface area contributed by atoms with Crippen molar-refractivity contribution < 1.29 is 4.39 Å². The quantitative estimate of drug-likeness (QED) is 0.901. The number of aromatic nitrogens is 1. The Morgan fingerprint density at radius 1 is 1.30 bits per heavy atom. The molecule has 0 aliphatic heterocycles. The van der Waals surface area contributed by atoms with Gasteiger partial charge in [0, 0.05) is 10.2 Å². The number of hydrogen-bond acceptors (Lipinski definition) is 3. The first-order valence-corrected chi connectivity index (χ1v) is 7.11. The van der Waals surface area contributed by atoms with E-state index in [1.165, 1.54) is 12.1 Å². The molecule has 0 fully saturated rings. The molecule has 0 radical (unpaired) electrons. The van der Waals surface area contributed by atoms with Crippen molar-refractivity contribution in [2.45, 2.75) is 19.3 Å². The first kappa shape index (κ1) is 13.1. The lowest BCUT2D eigenvalue weighted by atomic mass is 10.1. The van der Waals surface area contributed by atoms with E-state index in [0.717, 1.165) is 30.5 Å². The van der Waals surface area contributed by atoms with E-state index in [4.69, 9.17) is 0 Å². The zero-order valence-electron chi connectivity index (χ0n) is 10.6. The molecule has 1 aliphatic carbocycles. The molecule has 1 aromatic heterocycles. The molecule has 1 aromatic carbocycles. The summed E-state index contributed by atoms with van der Waals surface area (Å²) in [4.78, 5) is 4.53. The minimum absolute atomic E-state index is 0.315. The lowest BCUT2D eigenvalue weighted by molar-refractivity contribution is 0.627. The minimum atomic E-state index is -0.315. The summed E-state index contributed by atoms with van der Waals surface area (Å²) >= 11 is 3.30. The van der Waals surface area contributed by atoms with E-state index in [1.807, 2.05) is 6.07 Å². The van der Waals surface area contributed by atoms with Crippen molar-refractivity contribution in [3.63, 3.8) is 0 Å². The predicted octanol–water partition coefficient (Wildman–Crippen LogP) is 4.09. The lowest BCUT2D eigenvalue weighted by Gasteiger charge is -2.11. The second-order valence-electron chi connectivity index (χ2n) is 4.70. The van der Waals surface area contributed by atoms with Gasteiger partial charge in [0.1, 0.15) is 17.7 Å². The number of halogens is 2. The molecule has 20 heavy (non-hydrogen) atoms. The standard InChI is InChI=1S/C15H11BrFN3/c16-12-7-11(17)4-5-14(12)20-15-10(8-18)6-9-2-1-3-13(9)19-15/h4-7H,1-3H2,(H,19,20). The van der Waals surface area contributed by atoms with Crippen LogP contribution in [0.3, 0.4) is 0 Å². The number of nitrogens with one attached hydrogen (secondary N) is 1. The molecule has 0 unspecified atom stereocenters. The van der Waals surface area contributed by atoms with Gasteiger partial charge in [-0.15, -0.1) is 0 Å². The van der Waals surface area contributed by atoms with Gasteiger partial charge in [-0.3, -0.25) is 0 Å². The van der Waals surface area contributed by atoms with Gasteiger partial charge >= 0.3 is 0 Å². The van der Waals surface area contributed by atoms with Crippen LogP contribution in [0.2, 0.25) is 0 Å². The number of benzene rings is 1. The second kappa shape index (κ2) is 5.22. The molecule has 3 nitrogen and oxygen atoms in total. The Bertz CT molecular complexity index is 722. The number of nitriles is 1. The van der Waals surface area contributed by atoms with E-state index in [0.29, 0.717) is 21.5 Å². The fourth-order valence-electron chi connectivity index (χ4n) is 2.37. The van der Waals surface area contributed by atoms with E-state index >= 15 is 0 Å². The van der Waals surface area contributed by atoms with Gasteiger partial charge in [-0.25, -0.2) is 9.37 Å². The van der Waals surface area contributed by atoms with Gasteiger partial charge in [0.15, 0.2) is 0 Å². The molecular formula is C15H11BrFN3. The number of nitrogens with zero attached hydrogens (tertiary/aromatic N) is 2. The van der Waals surface area contributed by atoms with Crippen molar-refractivity contribution in [2.24, 2.45) is 0 Å². The molecule has 1 heterocycles. The summed E-state index contributed by atoms with van der Waals surface area (Å²) < 4.78 is 13.7. The van der Waals surface area contributed by atoms with E-state index in [-0.39, 0.29) is 5.82 Å². The van der Waals surface area contributed by atoms with E-state index < -0.39 is 0 Å². The highest BCUT2D eigenvalue weighted by atomic mass is 79.9. The summed E-state index contributed by atoms with van der Waals surface area (Å²) in [6.45, 7) is 0. The van der Waals surface area contributed by atoms with Crippen LogP contribution in [0.15, 0.2) is 28.7 Å². The highest BCUT2D eigenvalue weighted by Gasteiger charge is 2.17. The van der Waals surface area contributed by atoms with Crippen molar-refractivity contribution >= 4 is 27.4 Å². The first-order chi connectivity index (χ1) is 9.67. The summed E-state index contributed by atoms with van der Waals surface area (Å²) in [6.07, 6.45) is 3.01. The van der Waals surface area contributed by atoms with Gasteiger partial charge in [0.05, 0.1) is 11.3 Å². The van der Waals surface area contributed by atoms with Crippen molar-refractivity contribution in [3.8, 4) is 6.07 Å². The molecule has 5 heteroatoms. The zero-order valence-corrected chi connectivity index (χ0v) is 12.2. The fourth-order valence-corrected chi connectivity index (χ4v) is 2.82. The van der Waals surface area contributed by atoms with Crippen LogP contribution in [-0.4, -0.2) is 4.98 Å². The average Bonchev–Trinajstić information content (AvgIpc) is 2.88. The Kier molecular flexibility index (Phi) is 3.41. The van der Waals surface area contributed by atoms with Crippen LogP contribution in [-0.2, 0) is 12.8 Å². The van der Waals surface area contributed by atoms with Crippen LogP contribution in [0.5, 0.6) is 0 Å². The van der Waals surface area contributed by atoms with Gasteiger partial charge in [-0.1, -0.05) is 0 Å². The van der Waals surface area contributed by atoms with E-state index in [9.17, 15) is 9.65 Å². The summed E-state index contributed by atoms with van der Waals surface area (Å²) in [7, 11) is 0. The highest BCUT2D eigenvalue weighted by molar-refractivity contribution is 9.10. The van der Waals surface area contributed by atoms with Crippen molar-refractivity contribution in [3.05, 3.63) is 51.4 Å². The Morgan fingerprint density at radius 2 is 2.15 bits per heavy atom. The van der Waals surface area contributed by atoms with Gasteiger partial charge in [0.2, 0.25) is 0 Å². The van der Waals surface area contributed by atoms with E-state index in [2.05, 4.69) is 32.3 Å². The maximum atomic E-state index is 13.1. The molecule has 0 spiro atoms. The number of anilines is 2. The van der Waals surface area contributed by atoms with Crippen LogP contribution in [0, 0.1) is 17.1 Å². The number of pyridine rings is 1. The lowest BCUT2D eigenvalue weighted by Crippen LogP contribution is -2.01. The largest absolute Gasteiger partial charge is 0.338 e. The number of aryl methyl sites for hydroxylation is 2. The zero-order chi connectivity index (χ0) is 14.1. The molecule has 1 aliphatic rings. The van der Waals surface area contributed by atoms with Crippen LogP contribution in [0.25, 0.3) is 0 Å². The Hall–Kier alpha value is -1.93. The topological polar surface area (TPSA) is 48.7 Å². The molecule has 3 rings (SSSR count).